The molecule has 0 aliphatic carbocycles. The van der Waals surface area contributed by atoms with E-state index in [-0.39, 0.29) is 24.0 Å². The highest BCUT2D eigenvalue weighted by Gasteiger charge is 2.19. The molecule has 0 atom stereocenters. The van der Waals surface area contributed by atoms with Crippen molar-refractivity contribution in [3.63, 3.8) is 0 Å². The SMILES string of the molecule is COCCN(C)c1ccnc2ccc(-c3cnc(Cl)c(NS(=O)(=O)N(C)CCOC)c3)cc12. The predicted molar refractivity (Wildman–Crippen MR) is 132 cm³/mol. The van der Waals surface area contributed by atoms with Crippen LogP contribution in [0.5, 0.6) is 0 Å². The van der Waals surface area contributed by atoms with E-state index in [2.05, 4.69) is 19.6 Å². The zero-order valence-electron chi connectivity index (χ0n) is 19.1. The van der Waals surface area contributed by atoms with Crippen molar-refractivity contribution in [2.75, 3.05) is 64.2 Å². The Balaban J connectivity index is 1.96. The Hall–Kier alpha value is -2.50. The number of aromatic nitrogens is 2. The lowest BCUT2D eigenvalue weighted by Crippen LogP contribution is -2.35. The molecule has 0 aliphatic rings. The fourth-order valence-corrected chi connectivity index (χ4v) is 4.34. The summed E-state index contributed by atoms with van der Waals surface area (Å²) >= 11 is 6.20. The van der Waals surface area contributed by atoms with Crippen molar-refractivity contribution in [1.82, 2.24) is 14.3 Å². The molecule has 1 aromatic carbocycles. The van der Waals surface area contributed by atoms with Gasteiger partial charge in [0.1, 0.15) is 0 Å². The first-order chi connectivity index (χ1) is 15.8. The standard InChI is InChI=1S/C22H28ClN5O4S/c1-27(9-11-31-3)21-7-8-24-19-6-5-16(13-18(19)21)17-14-20(22(23)25-15-17)26-33(29,30)28(2)10-12-32-4/h5-8,13-15,26H,9-12H2,1-4H3. The van der Waals surface area contributed by atoms with Crippen molar-refractivity contribution < 1.29 is 17.9 Å². The maximum Gasteiger partial charge on any atom is 0.301 e. The van der Waals surface area contributed by atoms with Gasteiger partial charge in [0.15, 0.2) is 5.15 Å². The largest absolute Gasteiger partial charge is 0.383 e. The van der Waals surface area contributed by atoms with Crippen molar-refractivity contribution in [2.45, 2.75) is 0 Å². The van der Waals surface area contributed by atoms with E-state index in [0.717, 1.165) is 33.0 Å². The van der Waals surface area contributed by atoms with Crippen LogP contribution in [-0.4, -0.2) is 77.3 Å². The summed E-state index contributed by atoms with van der Waals surface area (Å²) in [5.74, 6) is 0. The Labute approximate surface area is 199 Å². The highest BCUT2D eigenvalue weighted by molar-refractivity contribution is 7.90. The van der Waals surface area contributed by atoms with Crippen molar-refractivity contribution in [1.29, 1.82) is 0 Å². The van der Waals surface area contributed by atoms with Crippen LogP contribution in [-0.2, 0) is 19.7 Å². The maximum atomic E-state index is 12.6. The molecule has 0 spiro atoms. The first-order valence-corrected chi connectivity index (χ1v) is 12.1. The number of methoxy groups -OCH3 is 2. The molecule has 0 bridgehead atoms. The van der Waals surface area contributed by atoms with Crippen molar-refractivity contribution in [2.24, 2.45) is 0 Å². The van der Waals surface area contributed by atoms with Gasteiger partial charge in [0, 0.05) is 70.4 Å². The molecule has 9 nitrogen and oxygen atoms in total. The van der Waals surface area contributed by atoms with E-state index in [1.54, 1.807) is 25.6 Å². The minimum Gasteiger partial charge on any atom is -0.383 e. The van der Waals surface area contributed by atoms with E-state index in [1.807, 2.05) is 31.3 Å². The van der Waals surface area contributed by atoms with Crippen molar-refractivity contribution in [3.05, 3.63) is 47.9 Å². The molecular weight excluding hydrogens is 466 g/mol. The maximum absolute atomic E-state index is 12.6. The molecule has 1 N–H and O–H groups in total. The third-order valence-electron chi connectivity index (χ3n) is 5.19. The Kier molecular flexibility index (Phi) is 8.44. The number of hydrogen-bond donors (Lipinski definition) is 1. The summed E-state index contributed by atoms with van der Waals surface area (Å²) < 4.78 is 39.1. The third kappa shape index (κ3) is 6.10. The van der Waals surface area contributed by atoms with Crippen LogP contribution in [0.3, 0.4) is 0 Å². The van der Waals surface area contributed by atoms with Gasteiger partial charge in [0.05, 0.1) is 24.4 Å². The second-order valence-electron chi connectivity index (χ2n) is 7.46. The van der Waals surface area contributed by atoms with E-state index in [1.165, 1.54) is 14.2 Å². The van der Waals surface area contributed by atoms with Gasteiger partial charge in [-0.05, 0) is 29.8 Å². The normalized spacial score (nSPS) is 11.8. The van der Waals surface area contributed by atoms with Gasteiger partial charge < -0.3 is 14.4 Å². The monoisotopic (exact) mass is 493 g/mol. The number of rotatable bonds is 11. The average Bonchev–Trinajstić information content (AvgIpc) is 2.81. The van der Waals surface area contributed by atoms with Crippen molar-refractivity contribution in [3.8, 4) is 11.1 Å². The lowest BCUT2D eigenvalue weighted by molar-refractivity contribution is 0.185. The summed E-state index contributed by atoms with van der Waals surface area (Å²) in [7, 11) is 2.83. The van der Waals surface area contributed by atoms with E-state index >= 15 is 0 Å². The summed E-state index contributed by atoms with van der Waals surface area (Å²) in [5.41, 5.74) is 3.63. The van der Waals surface area contributed by atoms with E-state index < -0.39 is 10.2 Å². The lowest BCUT2D eigenvalue weighted by atomic mass is 10.0. The van der Waals surface area contributed by atoms with Crippen LogP contribution in [0.15, 0.2) is 42.7 Å². The molecule has 3 aromatic rings. The van der Waals surface area contributed by atoms with E-state index in [4.69, 9.17) is 21.1 Å². The van der Waals surface area contributed by atoms with Crippen LogP contribution in [0.25, 0.3) is 22.0 Å². The molecule has 0 fully saturated rings. The number of ether oxygens (including phenoxy) is 2. The van der Waals surface area contributed by atoms with Crippen LogP contribution in [0.2, 0.25) is 5.15 Å². The lowest BCUT2D eigenvalue weighted by Gasteiger charge is -2.21. The summed E-state index contributed by atoms with van der Waals surface area (Å²) in [6, 6.07) is 9.48. The van der Waals surface area contributed by atoms with Gasteiger partial charge in [-0.1, -0.05) is 17.7 Å². The number of halogens is 1. The molecule has 2 aromatic heterocycles. The Bertz CT molecular complexity index is 1210. The number of nitrogens with zero attached hydrogens (tertiary/aromatic N) is 4. The number of nitrogens with one attached hydrogen (secondary N) is 1. The highest BCUT2D eigenvalue weighted by Crippen LogP contribution is 2.32. The van der Waals surface area contributed by atoms with Crippen molar-refractivity contribution >= 4 is 44.1 Å². The summed E-state index contributed by atoms with van der Waals surface area (Å²) in [6.07, 6.45) is 3.39. The number of pyridine rings is 2. The molecule has 0 saturated carbocycles. The van der Waals surface area contributed by atoms with Gasteiger partial charge in [-0.25, -0.2) is 4.98 Å². The number of anilines is 2. The van der Waals surface area contributed by atoms with Gasteiger partial charge in [-0.2, -0.15) is 12.7 Å². The first kappa shape index (κ1) is 25.1. The minimum absolute atomic E-state index is 0.0601. The Morgan fingerprint density at radius 1 is 1.00 bits per heavy atom. The minimum atomic E-state index is -3.82. The molecule has 0 unspecified atom stereocenters. The zero-order valence-corrected chi connectivity index (χ0v) is 20.7. The molecule has 0 amide bonds. The molecule has 2 heterocycles. The molecule has 3 rings (SSSR count). The molecule has 178 valence electrons. The Morgan fingerprint density at radius 2 is 1.73 bits per heavy atom. The van der Waals surface area contributed by atoms with Gasteiger partial charge >= 0.3 is 10.2 Å². The summed E-state index contributed by atoms with van der Waals surface area (Å²) in [5, 5.41) is 1.02. The third-order valence-corrected chi connectivity index (χ3v) is 6.97. The van der Waals surface area contributed by atoms with Crippen LogP contribution in [0, 0.1) is 0 Å². The summed E-state index contributed by atoms with van der Waals surface area (Å²) in [4.78, 5) is 10.8. The Morgan fingerprint density at radius 3 is 2.45 bits per heavy atom. The van der Waals surface area contributed by atoms with E-state index in [0.29, 0.717) is 12.2 Å². The fraction of sp³-hybridized carbons (Fsp3) is 0.364. The molecule has 33 heavy (non-hydrogen) atoms. The summed E-state index contributed by atoms with van der Waals surface area (Å²) in [6.45, 7) is 1.80. The molecular formula is C22H28ClN5O4S. The van der Waals surface area contributed by atoms with Gasteiger partial charge in [-0.3, -0.25) is 9.71 Å². The molecule has 0 saturated heterocycles. The van der Waals surface area contributed by atoms with Crippen LogP contribution >= 0.6 is 11.6 Å². The predicted octanol–water partition coefficient (Wildman–Crippen LogP) is 3.27. The smallest absolute Gasteiger partial charge is 0.301 e. The average molecular weight is 494 g/mol. The number of fused-ring (bicyclic) bond motifs is 1. The molecule has 0 aliphatic heterocycles. The second kappa shape index (κ2) is 11.1. The van der Waals surface area contributed by atoms with Crippen LogP contribution in [0.4, 0.5) is 11.4 Å². The highest BCUT2D eigenvalue weighted by atomic mass is 35.5. The first-order valence-electron chi connectivity index (χ1n) is 10.2. The van der Waals surface area contributed by atoms with Gasteiger partial charge in [-0.15, -0.1) is 0 Å². The number of likely N-dealkylation sites (N-methyl/N-ethyl adjacent to an activating group) is 2. The zero-order chi connectivity index (χ0) is 24.0. The van der Waals surface area contributed by atoms with Crippen LogP contribution < -0.4 is 9.62 Å². The van der Waals surface area contributed by atoms with E-state index in [9.17, 15) is 8.42 Å². The molecule has 11 heteroatoms. The molecule has 0 radical (unpaired) electrons. The second-order valence-corrected chi connectivity index (χ2v) is 9.60. The van der Waals surface area contributed by atoms with Gasteiger partial charge in [0.2, 0.25) is 0 Å². The number of hydrogen-bond acceptors (Lipinski definition) is 7. The quantitative estimate of drug-likeness (QED) is 0.409. The number of benzene rings is 1. The topological polar surface area (TPSA) is 96.9 Å². The van der Waals surface area contributed by atoms with Crippen LogP contribution in [0.1, 0.15) is 0 Å². The fourth-order valence-electron chi connectivity index (χ4n) is 3.23. The van der Waals surface area contributed by atoms with Gasteiger partial charge in [0.25, 0.3) is 0 Å².